The van der Waals surface area contributed by atoms with Crippen LogP contribution in [0.2, 0.25) is 0 Å². The summed E-state index contributed by atoms with van der Waals surface area (Å²) >= 11 is 0. The van der Waals surface area contributed by atoms with Gasteiger partial charge in [0.15, 0.2) is 0 Å². The van der Waals surface area contributed by atoms with E-state index in [1.807, 2.05) is 0 Å². The van der Waals surface area contributed by atoms with Crippen molar-refractivity contribution in [1.82, 2.24) is 10.5 Å². The quantitative estimate of drug-likeness (QED) is 0.855. The number of primary sulfonamides is 1. The van der Waals surface area contributed by atoms with Crippen LogP contribution in [0.4, 0.5) is 0 Å². The van der Waals surface area contributed by atoms with Crippen molar-refractivity contribution in [2.45, 2.75) is 18.4 Å². The number of nitrogens with two attached hydrogens (primary N) is 1. The number of amides is 1. The third kappa shape index (κ3) is 3.22. The van der Waals surface area contributed by atoms with E-state index >= 15 is 0 Å². The van der Waals surface area contributed by atoms with Gasteiger partial charge in [-0.3, -0.25) is 4.79 Å². The van der Waals surface area contributed by atoms with Gasteiger partial charge in [0.25, 0.3) is 5.91 Å². The molecule has 0 radical (unpaired) electrons. The van der Waals surface area contributed by atoms with E-state index in [9.17, 15) is 13.2 Å². The molecular weight excluding hydrogens is 282 g/mol. The fraction of sp³-hybridized carbons (Fsp3) is 0.167. The van der Waals surface area contributed by atoms with E-state index in [4.69, 9.17) is 9.66 Å². The Balaban J connectivity index is 2.02. The minimum atomic E-state index is -3.70. The van der Waals surface area contributed by atoms with Gasteiger partial charge in [-0.2, -0.15) is 0 Å². The van der Waals surface area contributed by atoms with Crippen LogP contribution in [0.1, 0.15) is 21.7 Å². The number of carbonyl (C=O) groups excluding carboxylic acids is 1. The molecule has 0 fully saturated rings. The van der Waals surface area contributed by atoms with Crippen molar-refractivity contribution in [3.05, 3.63) is 47.3 Å². The molecule has 0 saturated carbocycles. The lowest BCUT2D eigenvalue weighted by molar-refractivity contribution is 0.0949. The van der Waals surface area contributed by atoms with E-state index in [-0.39, 0.29) is 17.3 Å². The molecule has 7 nitrogen and oxygen atoms in total. The molecule has 0 atom stereocenters. The van der Waals surface area contributed by atoms with Gasteiger partial charge >= 0.3 is 0 Å². The van der Waals surface area contributed by atoms with Gasteiger partial charge in [0.1, 0.15) is 11.3 Å². The van der Waals surface area contributed by atoms with Crippen molar-refractivity contribution < 1.29 is 17.7 Å². The number of hydrogen-bond donors (Lipinski definition) is 2. The number of hydrogen-bond acceptors (Lipinski definition) is 5. The summed E-state index contributed by atoms with van der Waals surface area (Å²) in [5.41, 5.74) is 1.12. The zero-order chi connectivity index (χ0) is 14.8. The Hall–Kier alpha value is -2.19. The summed E-state index contributed by atoms with van der Waals surface area (Å²) in [4.78, 5) is 11.8. The van der Waals surface area contributed by atoms with Crippen molar-refractivity contribution in [3.63, 3.8) is 0 Å². The number of aromatic nitrogens is 1. The molecule has 0 aliphatic heterocycles. The molecule has 0 aliphatic carbocycles. The molecule has 1 amide bonds. The standard InChI is InChI=1S/C12H13N3O4S/c1-8-11(7-15-19-8)12(16)14-6-9-2-4-10(5-3-9)20(13,17)18/h2-5,7H,6H2,1H3,(H,14,16)(H2,13,17,18). The molecular formula is C12H13N3O4S. The van der Waals surface area contributed by atoms with Crippen molar-refractivity contribution in [1.29, 1.82) is 0 Å². The third-order valence-corrected chi connectivity index (χ3v) is 3.63. The van der Waals surface area contributed by atoms with Crippen LogP contribution in [0.25, 0.3) is 0 Å². The monoisotopic (exact) mass is 295 g/mol. The molecule has 2 aromatic rings. The zero-order valence-corrected chi connectivity index (χ0v) is 11.5. The van der Waals surface area contributed by atoms with Crippen LogP contribution in [-0.4, -0.2) is 19.5 Å². The summed E-state index contributed by atoms with van der Waals surface area (Å²) in [6, 6.07) is 5.95. The molecule has 3 N–H and O–H groups in total. The molecule has 0 spiro atoms. The molecule has 106 valence electrons. The van der Waals surface area contributed by atoms with Crippen LogP contribution in [0.3, 0.4) is 0 Å². The first-order chi connectivity index (χ1) is 9.38. The van der Waals surface area contributed by atoms with Crippen LogP contribution < -0.4 is 10.5 Å². The Morgan fingerprint density at radius 1 is 1.35 bits per heavy atom. The van der Waals surface area contributed by atoms with Crippen LogP contribution in [0.15, 0.2) is 39.9 Å². The minimum Gasteiger partial charge on any atom is -0.361 e. The van der Waals surface area contributed by atoms with Gasteiger partial charge in [-0.05, 0) is 24.6 Å². The van der Waals surface area contributed by atoms with Gasteiger partial charge in [0.2, 0.25) is 10.0 Å². The van der Waals surface area contributed by atoms with E-state index in [1.165, 1.54) is 18.3 Å². The number of aryl methyl sites for hydroxylation is 1. The highest BCUT2D eigenvalue weighted by molar-refractivity contribution is 7.89. The third-order valence-electron chi connectivity index (χ3n) is 2.70. The molecule has 0 aliphatic rings. The predicted octanol–water partition coefficient (Wildman–Crippen LogP) is 0.560. The molecule has 1 aromatic heterocycles. The molecule has 2 rings (SSSR count). The summed E-state index contributed by atoms with van der Waals surface area (Å²) in [7, 11) is -3.70. The van der Waals surface area contributed by atoms with Crippen LogP contribution in [0, 0.1) is 6.92 Å². The van der Waals surface area contributed by atoms with Crippen molar-refractivity contribution >= 4 is 15.9 Å². The minimum absolute atomic E-state index is 0.0301. The van der Waals surface area contributed by atoms with Crippen molar-refractivity contribution in [2.75, 3.05) is 0 Å². The van der Waals surface area contributed by atoms with Gasteiger partial charge in [0, 0.05) is 6.54 Å². The van der Waals surface area contributed by atoms with E-state index < -0.39 is 10.0 Å². The molecule has 0 saturated heterocycles. The summed E-state index contributed by atoms with van der Waals surface area (Å²) in [5.74, 6) is 0.131. The summed E-state index contributed by atoms with van der Waals surface area (Å²) in [5, 5.41) is 11.2. The van der Waals surface area contributed by atoms with Crippen molar-refractivity contribution in [2.24, 2.45) is 5.14 Å². The SMILES string of the molecule is Cc1oncc1C(=O)NCc1ccc(S(N)(=O)=O)cc1. The van der Waals surface area contributed by atoms with Crippen LogP contribution >= 0.6 is 0 Å². The Bertz CT molecular complexity index is 719. The Morgan fingerprint density at radius 3 is 2.50 bits per heavy atom. The lowest BCUT2D eigenvalue weighted by Crippen LogP contribution is -2.23. The van der Waals surface area contributed by atoms with Gasteiger partial charge in [0.05, 0.1) is 11.1 Å². The maximum atomic E-state index is 11.8. The summed E-state index contributed by atoms with van der Waals surface area (Å²) in [6.07, 6.45) is 1.34. The Kier molecular flexibility index (Phi) is 3.86. The van der Waals surface area contributed by atoms with Gasteiger partial charge < -0.3 is 9.84 Å². The maximum absolute atomic E-state index is 11.8. The second kappa shape index (κ2) is 5.43. The molecule has 0 bridgehead atoms. The van der Waals surface area contributed by atoms with E-state index in [0.717, 1.165) is 5.56 Å². The highest BCUT2D eigenvalue weighted by Crippen LogP contribution is 2.09. The van der Waals surface area contributed by atoms with Crippen LogP contribution in [-0.2, 0) is 16.6 Å². The second-order valence-corrected chi connectivity index (χ2v) is 5.73. The number of benzene rings is 1. The number of nitrogens with one attached hydrogen (secondary N) is 1. The first-order valence-corrected chi connectivity index (χ1v) is 7.24. The lowest BCUT2D eigenvalue weighted by Gasteiger charge is -2.05. The number of nitrogens with zero attached hydrogens (tertiary/aromatic N) is 1. The largest absolute Gasteiger partial charge is 0.361 e. The molecule has 0 unspecified atom stereocenters. The average molecular weight is 295 g/mol. The predicted molar refractivity (Wildman–Crippen MR) is 70.2 cm³/mol. The molecule has 8 heteroatoms. The van der Waals surface area contributed by atoms with E-state index in [2.05, 4.69) is 10.5 Å². The average Bonchev–Trinajstić information content (AvgIpc) is 2.82. The normalized spacial score (nSPS) is 11.3. The Labute approximate surface area is 115 Å². The number of carbonyl (C=O) groups is 1. The second-order valence-electron chi connectivity index (χ2n) is 4.17. The highest BCUT2D eigenvalue weighted by Gasteiger charge is 2.12. The molecule has 1 heterocycles. The number of sulfonamides is 1. The molecule has 20 heavy (non-hydrogen) atoms. The topological polar surface area (TPSA) is 115 Å². The first-order valence-electron chi connectivity index (χ1n) is 5.69. The number of rotatable bonds is 4. The molecule has 1 aromatic carbocycles. The fourth-order valence-electron chi connectivity index (χ4n) is 1.59. The van der Waals surface area contributed by atoms with Crippen LogP contribution in [0.5, 0.6) is 0 Å². The lowest BCUT2D eigenvalue weighted by atomic mass is 10.2. The summed E-state index contributed by atoms with van der Waals surface area (Å²) < 4.78 is 27.0. The van der Waals surface area contributed by atoms with Gasteiger partial charge in [-0.15, -0.1) is 0 Å². The first kappa shape index (κ1) is 14.2. The fourth-order valence-corrected chi connectivity index (χ4v) is 2.11. The van der Waals surface area contributed by atoms with Gasteiger partial charge in [-0.25, -0.2) is 13.6 Å². The van der Waals surface area contributed by atoms with E-state index in [0.29, 0.717) is 11.3 Å². The highest BCUT2D eigenvalue weighted by atomic mass is 32.2. The van der Waals surface area contributed by atoms with Crippen molar-refractivity contribution in [3.8, 4) is 0 Å². The smallest absolute Gasteiger partial charge is 0.256 e. The summed E-state index contributed by atoms with van der Waals surface area (Å²) in [6.45, 7) is 1.90. The Morgan fingerprint density at radius 2 is 2.00 bits per heavy atom. The van der Waals surface area contributed by atoms with Gasteiger partial charge in [-0.1, -0.05) is 17.3 Å². The maximum Gasteiger partial charge on any atom is 0.256 e. The zero-order valence-electron chi connectivity index (χ0n) is 10.7. The van der Waals surface area contributed by atoms with E-state index in [1.54, 1.807) is 19.1 Å².